The van der Waals surface area contributed by atoms with E-state index in [1.165, 1.54) is 5.56 Å². The largest absolute Gasteiger partial charge is 0.497 e. The van der Waals surface area contributed by atoms with Crippen LogP contribution in [0.1, 0.15) is 43.6 Å². The van der Waals surface area contributed by atoms with Gasteiger partial charge in [-0.3, -0.25) is 4.79 Å². The molecule has 146 valence electrons. The molecule has 28 heavy (non-hydrogen) atoms. The van der Waals surface area contributed by atoms with Crippen LogP contribution < -0.4 is 10.2 Å². The van der Waals surface area contributed by atoms with Crippen LogP contribution in [0, 0.1) is 0 Å². The lowest BCUT2D eigenvalue weighted by Crippen LogP contribution is -2.20. The monoisotopic (exact) mass is 379 g/mol. The molecule has 0 bridgehead atoms. The highest BCUT2D eigenvalue weighted by Crippen LogP contribution is 2.28. The molecule has 1 aromatic heterocycles. The summed E-state index contributed by atoms with van der Waals surface area (Å²) in [5, 5.41) is 0.416. The van der Waals surface area contributed by atoms with Gasteiger partial charge in [0.05, 0.1) is 24.9 Å². The molecule has 0 aliphatic carbocycles. The summed E-state index contributed by atoms with van der Waals surface area (Å²) in [6, 6.07) is 13.0. The Morgan fingerprint density at radius 3 is 2.32 bits per heavy atom. The van der Waals surface area contributed by atoms with Crippen LogP contribution in [0.3, 0.4) is 0 Å². The summed E-state index contributed by atoms with van der Waals surface area (Å²) in [5.41, 5.74) is 2.63. The lowest BCUT2D eigenvalue weighted by molar-refractivity contribution is 0.0525. The Morgan fingerprint density at radius 1 is 1.07 bits per heavy atom. The van der Waals surface area contributed by atoms with E-state index in [4.69, 9.17) is 9.47 Å². The van der Waals surface area contributed by atoms with Gasteiger partial charge in [-0.25, -0.2) is 4.79 Å². The number of fused-ring (bicyclic) bond motifs is 1. The van der Waals surface area contributed by atoms with E-state index in [0.29, 0.717) is 22.3 Å². The predicted octanol–water partition coefficient (Wildman–Crippen LogP) is 4.68. The van der Waals surface area contributed by atoms with Gasteiger partial charge in [0.2, 0.25) is 5.43 Å². The molecule has 0 atom stereocenters. The summed E-state index contributed by atoms with van der Waals surface area (Å²) >= 11 is 0. The molecule has 0 radical (unpaired) electrons. The zero-order chi connectivity index (χ0) is 20.5. The number of esters is 1. The van der Waals surface area contributed by atoms with Gasteiger partial charge in [-0.05, 0) is 35.6 Å². The Morgan fingerprint density at radius 2 is 1.75 bits per heavy atom. The average molecular weight is 379 g/mol. The van der Waals surface area contributed by atoms with E-state index in [1.807, 2.05) is 24.3 Å². The molecular formula is C23H25NO4. The van der Waals surface area contributed by atoms with Crippen molar-refractivity contribution in [1.82, 2.24) is 4.98 Å². The molecule has 1 N–H and O–H groups in total. The third-order valence-corrected chi connectivity index (χ3v) is 4.73. The van der Waals surface area contributed by atoms with Crippen LogP contribution in [0.5, 0.6) is 5.75 Å². The first-order chi connectivity index (χ1) is 13.3. The predicted molar refractivity (Wildman–Crippen MR) is 111 cm³/mol. The Balaban J connectivity index is 2.27. The minimum atomic E-state index is -0.628. The number of hydrogen-bond acceptors (Lipinski definition) is 4. The highest BCUT2D eigenvalue weighted by Gasteiger charge is 2.22. The number of methoxy groups -OCH3 is 1. The zero-order valence-corrected chi connectivity index (χ0v) is 16.9. The van der Waals surface area contributed by atoms with Gasteiger partial charge in [-0.2, -0.15) is 0 Å². The average Bonchev–Trinajstić information content (AvgIpc) is 2.67. The van der Waals surface area contributed by atoms with Crippen molar-refractivity contribution in [2.24, 2.45) is 0 Å². The van der Waals surface area contributed by atoms with Gasteiger partial charge in [-0.1, -0.05) is 45.0 Å². The van der Waals surface area contributed by atoms with Crippen LogP contribution in [-0.4, -0.2) is 24.7 Å². The Hall–Kier alpha value is -3.08. The lowest BCUT2D eigenvalue weighted by Gasteiger charge is -2.19. The third-order valence-electron chi connectivity index (χ3n) is 4.73. The fraction of sp³-hybridized carbons (Fsp3) is 0.304. The summed E-state index contributed by atoms with van der Waals surface area (Å²) in [5.74, 6) is -0.00238. The molecule has 0 aliphatic heterocycles. The van der Waals surface area contributed by atoms with Crippen molar-refractivity contribution < 1.29 is 14.3 Å². The molecule has 5 heteroatoms. The maximum absolute atomic E-state index is 13.1. The molecule has 0 unspecified atom stereocenters. The Kier molecular flexibility index (Phi) is 5.27. The van der Waals surface area contributed by atoms with Gasteiger partial charge in [0.1, 0.15) is 11.3 Å². The number of hydrogen-bond donors (Lipinski definition) is 1. The first-order valence-corrected chi connectivity index (χ1v) is 9.28. The molecule has 0 fully saturated rings. The van der Waals surface area contributed by atoms with Gasteiger partial charge in [0.25, 0.3) is 0 Å². The van der Waals surface area contributed by atoms with Gasteiger partial charge in [-0.15, -0.1) is 0 Å². The summed E-state index contributed by atoms with van der Waals surface area (Å²) < 4.78 is 10.4. The van der Waals surface area contributed by atoms with E-state index in [-0.39, 0.29) is 23.0 Å². The van der Waals surface area contributed by atoms with Gasteiger partial charge < -0.3 is 14.5 Å². The highest BCUT2D eigenvalue weighted by atomic mass is 16.5. The van der Waals surface area contributed by atoms with E-state index in [9.17, 15) is 9.59 Å². The number of H-pyrrole nitrogens is 1. The number of benzene rings is 2. The van der Waals surface area contributed by atoms with Crippen molar-refractivity contribution in [2.75, 3.05) is 13.7 Å². The summed E-state index contributed by atoms with van der Waals surface area (Å²) in [6.45, 7) is 8.32. The maximum Gasteiger partial charge on any atom is 0.344 e. The van der Waals surface area contributed by atoms with E-state index < -0.39 is 5.97 Å². The number of aromatic amines is 1. The van der Waals surface area contributed by atoms with Crippen molar-refractivity contribution in [3.63, 3.8) is 0 Å². The second-order valence-electron chi connectivity index (χ2n) is 7.66. The number of ether oxygens (including phenoxy) is 2. The van der Waals surface area contributed by atoms with E-state index >= 15 is 0 Å². The molecule has 0 saturated carbocycles. The molecule has 0 spiro atoms. The first kappa shape index (κ1) is 19.7. The van der Waals surface area contributed by atoms with Gasteiger partial charge in [0.15, 0.2) is 0 Å². The maximum atomic E-state index is 13.1. The molecule has 0 saturated heterocycles. The summed E-state index contributed by atoms with van der Waals surface area (Å²) in [6.07, 6.45) is 0. The highest BCUT2D eigenvalue weighted by molar-refractivity contribution is 6.00. The van der Waals surface area contributed by atoms with Crippen LogP contribution in [0.25, 0.3) is 22.2 Å². The van der Waals surface area contributed by atoms with E-state index in [2.05, 4.69) is 25.8 Å². The normalized spacial score (nSPS) is 11.5. The summed E-state index contributed by atoms with van der Waals surface area (Å²) in [7, 11) is 1.57. The van der Waals surface area contributed by atoms with E-state index in [0.717, 1.165) is 5.56 Å². The number of nitrogens with one attached hydrogen (secondary N) is 1. The molecule has 3 aromatic rings. The first-order valence-electron chi connectivity index (χ1n) is 9.28. The Labute approximate surface area is 164 Å². The quantitative estimate of drug-likeness (QED) is 0.669. The molecule has 0 aliphatic rings. The van der Waals surface area contributed by atoms with Crippen molar-refractivity contribution in [3.8, 4) is 17.0 Å². The van der Waals surface area contributed by atoms with Crippen molar-refractivity contribution in [3.05, 3.63) is 63.8 Å². The second-order valence-corrected chi connectivity index (χ2v) is 7.66. The smallest absolute Gasteiger partial charge is 0.344 e. The zero-order valence-electron chi connectivity index (χ0n) is 16.9. The number of aromatic nitrogens is 1. The fourth-order valence-electron chi connectivity index (χ4n) is 3.15. The van der Waals surface area contributed by atoms with Crippen molar-refractivity contribution in [2.45, 2.75) is 33.1 Å². The SMILES string of the molecule is CCOC(=O)c1c(-c2ccc(C(C)(C)C)cc2)[nH]c2cc(OC)ccc2c1=O. The van der Waals surface area contributed by atoms with Crippen LogP contribution in [0.2, 0.25) is 0 Å². The molecule has 3 rings (SSSR count). The minimum Gasteiger partial charge on any atom is -0.497 e. The molecule has 2 aromatic carbocycles. The molecule has 0 amide bonds. The van der Waals surface area contributed by atoms with Crippen LogP contribution in [-0.2, 0) is 10.2 Å². The number of carbonyl (C=O) groups excluding carboxylic acids is 1. The third kappa shape index (κ3) is 3.65. The van der Waals surface area contributed by atoms with E-state index in [1.54, 1.807) is 32.2 Å². The Bertz CT molecular complexity index is 1070. The standard InChI is InChI=1S/C23H25NO4/c1-6-28-22(26)19-20(14-7-9-15(10-8-14)23(2,3)4)24-18-13-16(27-5)11-12-17(18)21(19)25/h7-13H,6H2,1-5H3,(H,24,25). The van der Waals surface area contributed by atoms with Gasteiger partial charge in [0, 0.05) is 11.5 Å². The summed E-state index contributed by atoms with van der Waals surface area (Å²) in [4.78, 5) is 28.9. The second kappa shape index (κ2) is 7.50. The number of pyridine rings is 1. The topological polar surface area (TPSA) is 68.4 Å². The molecular weight excluding hydrogens is 354 g/mol. The van der Waals surface area contributed by atoms with Crippen molar-refractivity contribution >= 4 is 16.9 Å². The van der Waals surface area contributed by atoms with Crippen LogP contribution in [0.15, 0.2) is 47.3 Å². The van der Waals surface area contributed by atoms with Crippen molar-refractivity contribution in [1.29, 1.82) is 0 Å². The molecule has 5 nitrogen and oxygen atoms in total. The van der Waals surface area contributed by atoms with Crippen LogP contribution in [0.4, 0.5) is 0 Å². The fourth-order valence-corrected chi connectivity index (χ4v) is 3.15. The molecule has 1 heterocycles. The minimum absolute atomic E-state index is 0.00661. The lowest BCUT2D eigenvalue weighted by atomic mass is 9.86. The number of rotatable bonds is 4. The number of carbonyl (C=O) groups is 1. The van der Waals surface area contributed by atoms with Crippen LogP contribution >= 0.6 is 0 Å². The van der Waals surface area contributed by atoms with Gasteiger partial charge >= 0.3 is 5.97 Å².